The summed E-state index contributed by atoms with van der Waals surface area (Å²) in [6, 6.07) is -0.975. The second-order valence-electron chi connectivity index (χ2n) is 17.9. The number of allylic oxidation sites excluding steroid dienone is 5. The molecule has 3 heterocycles. The van der Waals surface area contributed by atoms with Crippen molar-refractivity contribution in [2.24, 2.45) is 0 Å². The van der Waals surface area contributed by atoms with Crippen LogP contribution in [-0.4, -0.2) is 193 Å². The molecular formula is C48H85NO18. The quantitative estimate of drug-likeness (QED) is 0.0323. The third-order valence-electron chi connectivity index (χ3n) is 12.4. The van der Waals surface area contributed by atoms with Gasteiger partial charge in [0.15, 0.2) is 18.9 Å². The zero-order valence-corrected chi connectivity index (χ0v) is 39.6. The van der Waals surface area contributed by atoms with Crippen LogP contribution in [0.2, 0.25) is 0 Å². The Morgan fingerprint density at radius 2 is 0.985 bits per heavy atom. The molecule has 3 fully saturated rings. The average Bonchev–Trinajstić information content (AvgIpc) is 3.32. The Hall–Kier alpha value is -1.99. The zero-order valence-electron chi connectivity index (χ0n) is 39.6. The van der Waals surface area contributed by atoms with E-state index in [-0.39, 0.29) is 18.9 Å². The van der Waals surface area contributed by atoms with Crippen molar-refractivity contribution in [3.8, 4) is 0 Å². The lowest BCUT2D eigenvalue weighted by molar-refractivity contribution is -0.379. The van der Waals surface area contributed by atoms with E-state index in [2.05, 4.69) is 43.5 Å². The molecule has 0 aromatic carbocycles. The van der Waals surface area contributed by atoms with Crippen LogP contribution >= 0.6 is 0 Å². The molecule has 19 nitrogen and oxygen atoms in total. The lowest BCUT2D eigenvalue weighted by Gasteiger charge is -2.48. The van der Waals surface area contributed by atoms with Gasteiger partial charge in [0.25, 0.3) is 0 Å². The summed E-state index contributed by atoms with van der Waals surface area (Å²) < 4.78 is 34.0. The second kappa shape index (κ2) is 33.6. The summed E-state index contributed by atoms with van der Waals surface area (Å²) in [5.41, 5.74) is 0. The lowest BCUT2D eigenvalue weighted by Crippen LogP contribution is -2.66. The van der Waals surface area contributed by atoms with Crippen LogP contribution in [0.1, 0.15) is 129 Å². The molecule has 19 heteroatoms. The third kappa shape index (κ3) is 20.0. The Balaban J connectivity index is 1.53. The molecule has 12 N–H and O–H groups in total. The smallest absolute Gasteiger partial charge is 0.220 e. The maximum Gasteiger partial charge on any atom is 0.220 e. The SMILES string of the molecule is CCCCCC/C=C\C/C=C\CCCCCCCC(=O)NC(COC1OC(CO)C(OC2OC(CO)C(OC3OC(CO)C(O)C(O)C3O)C(O)C2O)C(O)C1O)C(O)/C=C/CCCCCC. The van der Waals surface area contributed by atoms with Crippen LogP contribution in [0.15, 0.2) is 36.5 Å². The number of carbonyl (C=O) groups excluding carboxylic acids is 1. The van der Waals surface area contributed by atoms with Crippen LogP contribution in [0.25, 0.3) is 0 Å². The summed E-state index contributed by atoms with van der Waals surface area (Å²) in [6.07, 6.45) is 3.43. The van der Waals surface area contributed by atoms with Crippen molar-refractivity contribution < 1.29 is 89.4 Å². The number of hydrogen-bond donors (Lipinski definition) is 12. The topological polar surface area (TPSA) is 307 Å². The molecule has 0 aromatic rings. The molecule has 0 aromatic heterocycles. The Morgan fingerprint density at radius 3 is 1.52 bits per heavy atom. The minimum atomic E-state index is -1.98. The normalized spacial score (nSPS) is 33.8. The van der Waals surface area contributed by atoms with E-state index in [1.165, 1.54) is 25.7 Å². The third-order valence-corrected chi connectivity index (χ3v) is 12.4. The summed E-state index contributed by atoms with van der Waals surface area (Å²) in [7, 11) is 0. The van der Waals surface area contributed by atoms with Gasteiger partial charge in [-0.15, -0.1) is 0 Å². The molecule has 0 radical (unpaired) electrons. The van der Waals surface area contributed by atoms with Gasteiger partial charge in [-0.2, -0.15) is 0 Å². The van der Waals surface area contributed by atoms with E-state index < -0.39 is 124 Å². The molecule has 17 atom stereocenters. The van der Waals surface area contributed by atoms with Crippen LogP contribution in [0.3, 0.4) is 0 Å². The van der Waals surface area contributed by atoms with Gasteiger partial charge in [-0.1, -0.05) is 108 Å². The second-order valence-corrected chi connectivity index (χ2v) is 17.9. The summed E-state index contributed by atoms with van der Waals surface area (Å²) in [5, 5.41) is 119. The monoisotopic (exact) mass is 964 g/mol. The van der Waals surface area contributed by atoms with Crippen LogP contribution in [0.5, 0.6) is 0 Å². The van der Waals surface area contributed by atoms with Crippen LogP contribution in [0.4, 0.5) is 0 Å². The van der Waals surface area contributed by atoms with E-state index in [4.69, 9.17) is 28.4 Å². The number of rotatable bonds is 33. The first kappa shape index (κ1) is 59.3. The lowest BCUT2D eigenvalue weighted by atomic mass is 9.96. The maximum absolute atomic E-state index is 13.1. The number of hydrogen-bond acceptors (Lipinski definition) is 18. The number of unbranched alkanes of at least 4 members (excludes halogenated alkanes) is 13. The highest BCUT2D eigenvalue weighted by Gasteiger charge is 2.53. The standard InChI is InChI=1S/C48H85NO18/c1-3-5-7-9-11-12-13-14-15-16-17-18-19-20-22-24-26-36(54)49-31(32(53)25-23-21-10-8-6-4-2)30-62-46-42(60)39(57)44(34(28-51)64-46)67-48-43(61)40(58)45(35(29-52)65-48)66-47-41(59)38(56)37(55)33(27-50)63-47/h12-13,15-16,23,25,31-35,37-48,50-53,55-61H,3-11,14,17-22,24,26-30H2,1-2H3,(H,49,54)/b13-12-,16-15-,25-23+. The highest BCUT2D eigenvalue weighted by atomic mass is 16.8. The van der Waals surface area contributed by atoms with E-state index in [1.807, 2.05) is 6.08 Å². The van der Waals surface area contributed by atoms with E-state index in [1.54, 1.807) is 6.08 Å². The average molecular weight is 964 g/mol. The van der Waals surface area contributed by atoms with Crippen LogP contribution in [0, 0.1) is 0 Å². The predicted molar refractivity (Wildman–Crippen MR) is 245 cm³/mol. The maximum atomic E-state index is 13.1. The molecule has 3 saturated heterocycles. The van der Waals surface area contributed by atoms with Gasteiger partial charge < -0.3 is 89.9 Å². The van der Waals surface area contributed by atoms with Crippen molar-refractivity contribution in [1.82, 2.24) is 5.32 Å². The first-order valence-corrected chi connectivity index (χ1v) is 24.7. The molecule has 1 amide bonds. The van der Waals surface area contributed by atoms with Crippen molar-refractivity contribution in [3.05, 3.63) is 36.5 Å². The molecule has 0 aliphatic carbocycles. The van der Waals surface area contributed by atoms with E-state index in [0.29, 0.717) is 6.42 Å². The first-order chi connectivity index (χ1) is 32.3. The molecule has 0 bridgehead atoms. The number of nitrogens with one attached hydrogen (secondary N) is 1. The molecule has 3 rings (SSSR count). The highest BCUT2D eigenvalue weighted by Crippen LogP contribution is 2.33. The fourth-order valence-corrected chi connectivity index (χ4v) is 8.22. The van der Waals surface area contributed by atoms with Crippen molar-refractivity contribution in [3.63, 3.8) is 0 Å². The zero-order chi connectivity index (χ0) is 49.1. The minimum Gasteiger partial charge on any atom is -0.394 e. The van der Waals surface area contributed by atoms with Gasteiger partial charge in [0.05, 0.1) is 38.6 Å². The molecule has 0 spiro atoms. The van der Waals surface area contributed by atoms with Gasteiger partial charge in [0.2, 0.25) is 5.91 Å². The molecule has 390 valence electrons. The Labute approximate surface area is 396 Å². The van der Waals surface area contributed by atoms with Gasteiger partial charge in [-0.25, -0.2) is 0 Å². The molecule has 3 aliphatic rings. The highest BCUT2D eigenvalue weighted by molar-refractivity contribution is 5.76. The summed E-state index contributed by atoms with van der Waals surface area (Å²) in [6.45, 7) is 1.55. The Kier molecular flexibility index (Phi) is 29.7. The Bertz CT molecular complexity index is 1390. The van der Waals surface area contributed by atoms with Crippen molar-refractivity contribution in [2.75, 3.05) is 26.4 Å². The van der Waals surface area contributed by atoms with Gasteiger partial charge in [-0.3, -0.25) is 4.79 Å². The van der Waals surface area contributed by atoms with Crippen molar-refractivity contribution in [2.45, 2.75) is 234 Å². The fraction of sp³-hybridized carbons (Fsp3) is 0.854. The molecular weight excluding hydrogens is 879 g/mol. The largest absolute Gasteiger partial charge is 0.394 e. The Morgan fingerprint density at radius 1 is 0.537 bits per heavy atom. The molecule has 3 aliphatic heterocycles. The number of carbonyl (C=O) groups is 1. The van der Waals surface area contributed by atoms with E-state index in [9.17, 15) is 61.0 Å². The van der Waals surface area contributed by atoms with Crippen LogP contribution < -0.4 is 5.32 Å². The van der Waals surface area contributed by atoms with Gasteiger partial charge in [-0.05, 0) is 51.4 Å². The fourth-order valence-electron chi connectivity index (χ4n) is 8.22. The molecule has 67 heavy (non-hydrogen) atoms. The van der Waals surface area contributed by atoms with Gasteiger partial charge >= 0.3 is 0 Å². The summed E-state index contributed by atoms with van der Waals surface area (Å²) >= 11 is 0. The summed E-state index contributed by atoms with van der Waals surface area (Å²) in [5.74, 6) is -0.299. The number of aliphatic hydroxyl groups excluding tert-OH is 11. The van der Waals surface area contributed by atoms with E-state index >= 15 is 0 Å². The number of amides is 1. The number of ether oxygens (including phenoxy) is 6. The van der Waals surface area contributed by atoms with Crippen molar-refractivity contribution >= 4 is 5.91 Å². The molecule has 0 saturated carbocycles. The summed E-state index contributed by atoms with van der Waals surface area (Å²) in [4.78, 5) is 13.1. The number of aliphatic hydroxyl groups is 11. The van der Waals surface area contributed by atoms with Crippen LogP contribution in [-0.2, 0) is 33.2 Å². The minimum absolute atomic E-state index is 0.225. The first-order valence-electron chi connectivity index (χ1n) is 24.7. The predicted octanol–water partition coefficient (Wildman–Crippen LogP) is 1.03. The van der Waals surface area contributed by atoms with Gasteiger partial charge in [0.1, 0.15) is 73.2 Å². The van der Waals surface area contributed by atoms with E-state index in [0.717, 1.165) is 77.0 Å². The molecule has 17 unspecified atom stereocenters. The van der Waals surface area contributed by atoms with Gasteiger partial charge in [0, 0.05) is 6.42 Å². The van der Waals surface area contributed by atoms with Crippen molar-refractivity contribution in [1.29, 1.82) is 0 Å².